The Morgan fingerprint density at radius 3 is 2.63 bits per heavy atom. The molecule has 19 heavy (non-hydrogen) atoms. The Hall–Kier alpha value is -1.93. The van der Waals surface area contributed by atoms with E-state index in [9.17, 15) is 0 Å². The van der Waals surface area contributed by atoms with Gasteiger partial charge in [0.15, 0.2) is 11.5 Å². The second kappa shape index (κ2) is 6.30. The SMILES string of the molecule is CCN(CCC#N)Cc1cc2c(cc1N)OCCO2. The van der Waals surface area contributed by atoms with E-state index < -0.39 is 0 Å². The number of hydrogen-bond acceptors (Lipinski definition) is 5. The van der Waals surface area contributed by atoms with Gasteiger partial charge in [-0.25, -0.2) is 0 Å². The number of nitrogens with two attached hydrogens (primary N) is 1. The first-order valence-corrected chi connectivity index (χ1v) is 6.52. The molecule has 2 N–H and O–H groups in total. The molecule has 1 aliphatic rings. The molecule has 2 rings (SSSR count). The van der Waals surface area contributed by atoms with E-state index in [1.165, 1.54) is 0 Å². The van der Waals surface area contributed by atoms with Crippen molar-refractivity contribution in [2.45, 2.75) is 19.9 Å². The lowest BCUT2D eigenvalue weighted by Gasteiger charge is -2.23. The average Bonchev–Trinajstić information content (AvgIpc) is 2.43. The normalized spacial score (nSPS) is 13.3. The Morgan fingerprint density at radius 1 is 1.32 bits per heavy atom. The topological polar surface area (TPSA) is 71.5 Å². The Balaban J connectivity index is 2.13. The van der Waals surface area contributed by atoms with Gasteiger partial charge in [-0.1, -0.05) is 6.92 Å². The zero-order valence-corrected chi connectivity index (χ0v) is 11.2. The summed E-state index contributed by atoms with van der Waals surface area (Å²) in [4.78, 5) is 2.19. The number of nitrogens with zero attached hydrogens (tertiary/aromatic N) is 2. The van der Waals surface area contributed by atoms with Gasteiger partial charge >= 0.3 is 0 Å². The molecule has 0 radical (unpaired) electrons. The summed E-state index contributed by atoms with van der Waals surface area (Å²) in [6, 6.07) is 5.93. The van der Waals surface area contributed by atoms with Crippen LogP contribution in [0.5, 0.6) is 11.5 Å². The molecule has 102 valence electrons. The third-order valence-electron chi connectivity index (χ3n) is 3.19. The van der Waals surface area contributed by atoms with Crippen LogP contribution in [0.2, 0.25) is 0 Å². The summed E-state index contributed by atoms with van der Waals surface area (Å²) in [5.41, 5.74) is 7.77. The zero-order chi connectivity index (χ0) is 13.7. The first kappa shape index (κ1) is 13.5. The van der Waals surface area contributed by atoms with Crippen molar-refractivity contribution in [2.75, 3.05) is 32.0 Å². The summed E-state index contributed by atoms with van der Waals surface area (Å²) in [6.07, 6.45) is 0.526. The number of fused-ring (bicyclic) bond motifs is 1. The van der Waals surface area contributed by atoms with E-state index in [1.54, 1.807) is 0 Å². The molecule has 0 aliphatic carbocycles. The number of hydrogen-bond donors (Lipinski definition) is 1. The van der Waals surface area contributed by atoms with Gasteiger partial charge in [-0.15, -0.1) is 0 Å². The summed E-state index contributed by atoms with van der Waals surface area (Å²) in [7, 11) is 0. The standard InChI is InChI=1S/C14H19N3O2/c1-2-17(5-3-4-15)10-11-8-13-14(9-12(11)16)19-7-6-18-13/h8-9H,2-3,5-7,10,16H2,1H3. The Bertz CT molecular complexity index is 482. The molecule has 5 nitrogen and oxygen atoms in total. The monoisotopic (exact) mass is 261 g/mol. The molecule has 5 heteroatoms. The molecule has 0 aromatic heterocycles. The van der Waals surface area contributed by atoms with Gasteiger partial charge in [0.2, 0.25) is 0 Å². The second-order valence-corrected chi connectivity index (χ2v) is 4.47. The minimum atomic E-state index is 0.526. The lowest BCUT2D eigenvalue weighted by Crippen LogP contribution is -2.24. The van der Waals surface area contributed by atoms with Gasteiger partial charge in [-0.3, -0.25) is 4.90 Å². The lowest BCUT2D eigenvalue weighted by atomic mass is 10.1. The fraction of sp³-hybridized carbons (Fsp3) is 0.500. The highest BCUT2D eigenvalue weighted by Gasteiger charge is 2.15. The van der Waals surface area contributed by atoms with Crippen LogP contribution in [0.1, 0.15) is 18.9 Å². The summed E-state index contributed by atoms with van der Waals surface area (Å²) in [6.45, 7) is 5.57. The van der Waals surface area contributed by atoms with Gasteiger partial charge in [0, 0.05) is 31.3 Å². The second-order valence-electron chi connectivity index (χ2n) is 4.47. The van der Waals surface area contributed by atoms with E-state index in [0.29, 0.717) is 31.1 Å². The predicted octanol–water partition coefficient (Wildman–Crippen LogP) is 1.78. The summed E-state index contributed by atoms with van der Waals surface area (Å²) in [5.74, 6) is 1.47. The zero-order valence-electron chi connectivity index (χ0n) is 11.2. The van der Waals surface area contributed by atoms with Crippen molar-refractivity contribution in [2.24, 2.45) is 0 Å². The highest BCUT2D eigenvalue weighted by molar-refractivity contribution is 5.58. The number of rotatable bonds is 5. The van der Waals surface area contributed by atoms with Crippen molar-refractivity contribution in [3.05, 3.63) is 17.7 Å². The first-order valence-electron chi connectivity index (χ1n) is 6.52. The molecule has 0 bridgehead atoms. The van der Waals surface area contributed by atoms with Crippen LogP contribution in [-0.4, -0.2) is 31.2 Å². The molecule has 0 saturated heterocycles. The van der Waals surface area contributed by atoms with Crippen LogP contribution in [0, 0.1) is 11.3 Å². The van der Waals surface area contributed by atoms with Crippen LogP contribution in [0.4, 0.5) is 5.69 Å². The smallest absolute Gasteiger partial charge is 0.163 e. The van der Waals surface area contributed by atoms with Crippen molar-refractivity contribution < 1.29 is 9.47 Å². The number of nitrogen functional groups attached to an aromatic ring is 1. The van der Waals surface area contributed by atoms with E-state index in [1.807, 2.05) is 12.1 Å². The predicted molar refractivity (Wildman–Crippen MR) is 73.0 cm³/mol. The fourth-order valence-corrected chi connectivity index (χ4v) is 2.08. The lowest BCUT2D eigenvalue weighted by molar-refractivity contribution is 0.171. The molecular formula is C14H19N3O2. The minimum absolute atomic E-state index is 0.526. The maximum Gasteiger partial charge on any atom is 0.163 e. The number of ether oxygens (including phenoxy) is 2. The molecule has 0 saturated carbocycles. The van der Waals surface area contributed by atoms with Crippen molar-refractivity contribution in [1.29, 1.82) is 5.26 Å². The molecule has 1 aromatic carbocycles. The molecule has 0 unspecified atom stereocenters. The van der Waals surface area contributed by atoms with Gasteiger partial charge < -0.3 is 15.2 Å². The average molecular weight is 261 g/mol. The Labute approximate surface area is 113 Å². The maximum absolute atomic E-state index is 8.65. The van der Waals surface area contributed by atoms with Crippen molar-refractivity contribution in [1.82, 2.24) is 4.90 Å². The highest BCUT2D eigenvalue weighted by atomic mass is 16.6. The molecule has 0 amide bonds. The first-order chi connectivity index (χ1) is 9.24. The molecule has 0 spiro atoms. The number of nitriles is 1. The Morgan fingerprint density at radius 2 is 2.00 bits per heavy atom. The van der Waals surface area contributed by atoms with Crippen LogP contribution in [0.25, 0.3) is 0 Å². The van der Waals surface area contributed by atoms with E-state index in [0.717, 1.165) is 30.9 Å². The Kier molecular flexibility index (Phi) is 4.48. The van der Waals surface area contributed by atoms with Gasteiger partial charge in [-0.05, 0) is 18.2 Å². The molecule has 1 heterocycles. The van der Waals surface area contributed by atoms with Crippen LogP contribution < -0.4 is 15.2 Å². The van der Waals surface area contributed by atoms with Gasteiger partial charge in [-0.2, -0.15) is 5.26 Å². The third kappa shape index (κ3) is 3.30. The van der Waals surface area contributed by atoms with Crippen LogP contribution in [0.3, 0.4) is 0 Å². The van der Waals surface area contributed by atoms with Gasteiger partial charge in [0.1, 0.15) is 13.2 Å². The van der Waals surface area contributed by atoms with E-state index >= 15 is 0 Å². The van der Waals surface area contributed by atoms with Crippen molar-refractivity contribution >= 4 is 5.69 Å². The van der Waals surface area contributed by atoms with Gasteiger partial charge in [0.25, 0.3) is 0 Å². The molecule has 0 atom stereocenters. The van der Waals surface area contributed by atoms with E-state index in [2.05, 4.69) is 17.9 Å². The quantitative estimate of drug-likeness (QED) is 0.818. The van der Waals surface area contributed by atoms with Crippen LogP contribution in [0.15, 0.2) is 12.1 Å². The maximum atomic E-state index is 8.65. The summed E-state index contributed by atoms with van der Waals surface area (Å²) < 4.78 is 11.1. The van der Waals surface area contributed by atoms with Crippen molar-refractivity contribution in [3.8, 4) is 17.6 Å². The molecule has 0 fully saturated rings. The van der Waals surface area contributed by atoms with Crippen LogP contribution >= 0.6 is 0 Å². The minimum Gasteiger partial charge on any atom is -0.486 e. The highest BCUT2D eigenvalue weighted by Crippen LogP contribution is 2.34. The van der Waals surface area contributed by atoms with Crippen LogP contribution in [-0.2, 0) is 6.54 Å². The van der Waals surface area contributed by atoms with Crippen molar-refractivity contribution in [3.63, 3.8) is 0 Å². The van der Waals surface area contributed by atoms with E-state index in [4.69, 9.17) is 20.5 Å². The molecular weight excluding hydrogens is 242 g/mol. The molecule has 1 aromatic rings. The largest absolute Gasteiger partial charge is 0.486 e. The molecule has 1 aliphatic heterocycles. The third-order valence-corrected chi connectivity index (χ3v) is 3.19. The number of benzene rings is 1. The summed E-state index contributed by atoms with van der Waals surface area (Å²) >= 11 is 0. The van der Waals surface area contributed by atoms with Gasteiger partial charge in [0.05, 0.1) is 6.07 Å². The fourth-order valence-electron chi connectivity index (χ4n) is 2.08. The number of anilines is 1. The van der Waals surface area contributed by atoms with E-state index in [-0.39, 0.29) is 0 Å². The summed E-state index contributed by atoms with van der Waals surface area (Å²) in [5, 5.41) is 8.65.